The van der Waals surface area contributed by atoms with Gasteiger partial charge in [0, 0.05) is 17.4 Å². The smallest absolute Gasteiger partial charge is 0.251 e. The zero-order chi connectivity index (χ0) is 11.8. The zero-order valence-corrected chi connectivity index (χ0v) is 10.9. The van der Waals surface area contributed by atoms with Crippen LogP contribution in [0.15, 0.2) is 24.3 Å². The SMILES string of the molecule is Cc1ccc(C(=O)NCCOCCBr)cc1. The van der Waals surface area contributed by atoms with E-state index in [0.717, 1.165) is 10.9 Å². The molecule has 16 heavy (non-hydrogen) atoms. The van der Waals surface area contributed by atoms with E-state index in [2.05, 4.69) is 21.2 Å². The fourth-order valence-corrected chi connectivity index (χ4v) is 1.43. The molecular weight excluding hydrogens is 270 g/mol. The second-order valence-electron chi connectivity index (χ2n) is 3.42. The van der Waals surface area contributed by atoms with E-state index >= 15 is 0 Å². The maximum absolute atomic E-state index is 11.6. The minimum absolute atomic E-state index is 0.0533. The van der Waals surface area contributed by atoms with Crippen LogP contribution in [0.5, 0.6) is 0 Å². The molecule has 0 unspecified atom stereocenters. The number of amides is 1. The molecule has 3 nitrogen and oxygen atoms in total. The van der Waals surface area contributed by atoms with Gasteiger partial charge in [-0.1, -0.05) is 33.6 Å². The lowest BCUT2D eigenvalue weighted by Gasteiger charge is -2.05. The largest absolute Gasteiger partial charge is 0.379 e. The fraction of sp³-hybridized carbons (Fsp3) is 0.417. The van der Waals surface area contributed by atoms with Crippen LogP contribution in [0.3, 0.4) is 0 Å². The van der Waals surface area contributed by atoms with Crippen LogP contribution in [-0.4, -0.2) is 31.0 Å². The predicted octanol–water partition coefficient (Wildman–Crippen LogP) is 2.14. The lowest BCUT2D eigenvalue weighted by atomic mass is 10.1. The lowest BCUT2D eigenvalue weighted by Crippen LogP contribution is -2.27. The third kappa shape index (κ3) is 4.77. The van der Waals surface area contributed by atoms with Crippen LogP contribution in [0.2, 0.25) is 0 Å². The van der Waals surface area contributed by atoms with Crippen LogP contribution in [0.1, 0.15) is 15.9 Å². The van der Waals surface area contributed by atoms with Gasteiger partial charge >= 0.3 is 0 Å². The van der Waals surface area contributed by atoms with Crippen molar-refractivity contribution >= 4 is 21.8 Å². The first kappa shape index (κ1) is 13.2. The van der Waals surface area contributed by atoms with Crippen LogP contribution >= 0.6 is 15.9 Å². The maximum atomic E-state index is 11.6. The Morgan fingerprint density at radius 3 is 2.62 bits per heavy atom. The van der Waals surface area contributed by atoms with Gasteiger partial charge in [0.2, 0.25) is 0 Å². The van der Waals surface area contributed by atoms with Gasteiger partial charge in [-0.05, 0) is 19.1 Å². The van der Waals surface area contributed by atoms with E-state index in [4.69, 9.17) is 4.74 Å². The Morgan fingerprint density at radius 2 is 2.00 bits per heavy atom. The molecule has 0 radical (unpaired) electrons. The number of carbonyl (C=O) groups excluding carboxylic acids is 1. The molecule has 1 rings (SSSR count). The van der Waals surface area contributed by atoms with E-state index in [1.54, 1.807) is 0 Å². The van der Waals surface area contributed by atoms with Crippen molar-refractivity contribution in [2.24, 2.45) is 0 Å². The molecule has 0 saturated carbocycles. The molecule has 1 aromatic carbocycles. The summed E-state index contributed by atoms with van der Waals surface area (Å²) in [6, 6.07) is 7.50. The Bertz CT molecular complexity index is 324. The van der Waals surface area contributed by atoms with Crippen molar-refractivity contribution in [2.45, 2.75) is 6.92 Å². The second-order valence-corrected chi connectivity index (χ2v) is 4.22. The highest BCUT2D eigenvalue weighted by molar-refractivity contribution is 9.09. The number of hydrogen-bond acceptors (Lipinski definition) is 2. The summed E-state index contributed by atoms with van der Waals surface area (Å²) < 4.78 is 5.23. The van der Waals surface area contributed by atoms with Gasteiger partial charge in [-0.3, -0.25) is 4.79 Å². The predicted molar refractivity (Wildman–Crippen MR) is 68.1 cm³/mol. The van der Waals surface area contributed by atoms with Gasteiger partial charge in [0.1, 0.15) is 0 Å². The fourth-order valence-electron chi connectivity index (χ4n) is 1.20. The van der Waals surface area contributed by atoms with Crippen molar-refractivity contribution in [1.29, 1.82) is 0 Å². The Kier molecular flexibility index (Phi) is 6.11. The molecule has 88 valence electrons. The molecular formula is C12H16BrNO2. The summed E-state index contributed by atoms with van der Waals surface area (Å²) in [4.78, 5) is 11.6. The molecule has 0 spiro atoms. The third-order valence-corrected chi connectivity index (χ3v) is 2.39. The van der Waals surface area contributed by atoms with E-state index in [-0.39, 0.29) is 5.91 Å². The molecule has 1 aromatic rings. The number of halogens is 1. The lowest BCUT2D eigenvalue weighted by molar-refractivity contribution is 0.0924. The quantitative estimate of drug-likeness (QED) is 0.642. The molecule has 0 bridgehead atoms. The highest BCUT2D eigenvalue weighted by atomic mass is 79.9. The molecule has 0 aromatic heterocycles. The van der Waals surface area contributed by atoms with Crippen LogP contribution in [0.25, 0.3) is 0 Å². The average Bonchev–Trinajstić information content (AvgIpc) is 2.29. The minimum Gasteiger partial charge on any atom is -0.379 e. The standard InChI is InChI=1S/C12H16BrNO2/c1-10-2-4-11(5-3-10)12(15)14-7-9-16-8-6-13/h2-5H,6-9H2,1H3,(H,14,15). The molecule has 0 aliphatic heterocycles. The number of ether oxygens (including phenoxy) is 1. The highest BCUT2D eigenvalue weighted by Gasteiger charge is 2.03. The first-order chi connectivity index (χ1) is 7.74. The van der Waals surface area contributed by atoms with Gasteiger partial charge in [-0.2, -0.15) is 0 Å². The van der Waals surface area contributed by atoms with E-state index in [1.807, 2.05) is 31.2 Å². The number of hydrogen-bond donors (Lipinski definition) is 1. The minimum atomic E-state index is -0.0533. The molecule has 0 heterocycles. The van der Waals surface area contributed by atoms with E-state index in [9.17, 15) is 4.79 Å². The summed E-state index contributed by atoms with van der Waals surface area (Å²) in [7, 11) is 0. The number of nitrogens with one attached hydrogen (secondary N) is 1. The Hall–Kier alpha value is -0.870. The third-order valence-electron chi connectivity index (χ3n) is 2.07. The first-order valence-corrected chi connectivity index (χ1v) is 6.35. The summed E-state index contributed by atoms with van der Waals surface area (Å²) in [5, 5.41) is 3.62. The van der Waals surface area contributed by atoms with E-state index < -0.39 is 0 Å². The normalized spacial score (nSPS) is 10.1. The molecule has 1 amide bonds. The Morgan fingerprint density at radius 1 is 1.31 bits per heavy atom. The van der Waals surface area contributed by atoms with Crippen molar-refractivity contribution in [2.75, 3.05) is 25.1 Å². The van der Waals surface area contributed by atoms with Crippen molar-refractivity contribution in [3.8, 4) is 0 Å². The first-order valence-electron chi connectivity index (χ1n) is 5.22. The van der Waals surface area contributed by atoms with Gasteiger partial charge in [0.05, 0.1) is 13.2 Å². The highest BCUT2D eigenvalue weighted by Crippen LogP contribution is 2.02. The Labute approximate surface area is 104 Å². The summed E-state index contributed by atoms with van der Waals surface area (Å²) in [5.41, 5.74) is 1.84. The van der Waals surface area contributed by atoms with Crippen molar-refractivity contribution in [3.05, 3.63) is 35.4 Å². The monoisotopic (exact) mass is 285 g/mol. The summed E-state index contributed by atoms with van der Waals surface area (Å²) >= 11 is 3.26. The van der Waals surface area contributed by atoms with E-state index in [0.29, 0.717) is 25.3 Å². The van der Waals surface area contributed by atoms with Crippen LogP contribution < -0.4 is 5.32 Å². The van der Waals surface area contributed by atoms with Gasteiger partial charge < -0.3 is 10.1 Å². The molecule has 0 fully saturated rings. The van der Waals surface area contributed by atoms with Crippen molar-refractivity contribution in [3.63, 3.8) is 0 Å². The van der Waals surface area contributed by atoms with Crippen LogP contribution in [0, 0.1) is 6.92 Å². The molecule has 0 saturated heterocycles. The molecule has 0 aliphatic carbocycles. The molecule has 0 atom stereocenters. The Balaban J connectivity index is 2.27. The van der Waals surface area contributed by atoms with Crippen LogP contribution in [0.4, 0.5) is 0 Å². The van der Waals surface area contributed by atoms with Crippen molar-refractivity contribution in [1.82, 2.24) is 5.32 Å². The second kappa shape index (κ2) is 7.41. The molecule has 0 aliphatic rings. The number of rotatable bonds is 6. The number of carbonyl (C=O) groups is 1. The number of aryl methyl sites for hydroxylation is 1. The van der Waals surface area contributed by atoms with Gasteiger partial charge in [0.25, 0.3) is 5.91 Å². The molecule has 4 heteroatoms. The summed E-state index contributed by atoms with van der Waals surface area (Å²) in [6.45, 7) is 3.75. The topological polar surface area (TPSA) is 38.3 Å². The average molecular weight is 286 g/mol. The number of alkyl halides is 1. The van der Waals surface area contributed by atoms with Gasteiger partial charge in [-0.25, -0.2) is 0 Å². The van der Waals surface area contributed by atoms with Gasteiger partial charge in [0.15, 0.2) is 0 Å². The van der Waals surface area contributed by atoms with Crippen LogP contribution in [-0.2, 0) is 4.74 Å². The summed E-state index contributed by atoms with van der Waals surface area (Å²) in [6.07, 6.45) is 0. The molecule has 1 N–H and O–H groups in total. The zero-order valence-electron chi connectivity index (χ0n) is 9.33. The maximum Gasteiger partial charge on any atom is 0.251 e. The van der Waals surface area contributed by atoms with Gasteiger partial charge in [-0.15, -0.1) is 0 Å². The summed E-state index contributed by atoms with van der Waals surface area (Å²) in [5.74, 6) is -0.0533. The van der Waals surface area contributed by atoms with E-state index in [1.165, 1.54) is 0 Å². The van der Waals surface area contributed by atoms with Crippen molar-refractivity contribution < 1.29 is 9.53 Å². The number of benzene rings is 1.